The molecule has 1 heterocycles. The Morgan fingerprint density at radius 1 is 1.38 bits per heavy atom. The fourth-order valence-corrected chi connectivity index (χ4v) is 2.72. The lowest BCUT2D eigenvalue weighted by Crippen LogP contribution is -2.39. The van der Waals surface area contributed by atoms with Crippen LogP contribution in [0.15, 0.2) is 18.2 Å². The molecule has 1 aromatic heterocycles. The number of aromatic amines is 1. The predicted molar refractivity (Wildman–Crippen MR) is 84.6 cm³/mol. The van der Waals surface area contributed by atoms with Crippen LogP contribution >= 0.6 is 0 Å². The van der Waals surface area contributed by atoms with Gasteiger partial charge in [0, 0.05) is 19.1 Å². The molecule has 2 aromatic rings. The van der Waals surface area contributed by atoms with E-state index in [1.54, 1.807) is 6.92 Å². The van der Waals surface area contributed by atoms with E-state index >= 15 is 0 Å². The monoisotopic (exact) mass is 310 g/mol. The summed E-state index contributed by atoms with van der Waals surface area (Å²) in [7, 11) is -3.13. The van der Waals surface area contributed by atoms with Crippen molar-refractivity contribution in [3.05, 3.63) is 29.6 Å². The number of nitrogens with one attached hydrogen (secondary N) is 3. The summed E-state index contributed by atoms with van der Waals surface area (Å²) in [4.78, 5) is 7.57. The van der Waals surface area contributed by atoms with Crippen LogP contribution < -0.4 is 10.0 Å². The molecule has 0 saturated carbocycles. The number of rotatable bonds is 7. The number of hydrogen-bond acceptors (Lipinski definition) is 4. The van der Waals surface area contributed by atoms with E-state index in [-0.39, 0.29) is 11.8 Å². The highest BCUT2D eigenvalue weighted by atomic mass is 32.2. The first-order chi connectivity index (χ1) is 9.89. The standard InChI is InChI=1S/C14H22N4O2S/c1-4-21(19,20)16-8-10(2)15-9-12-5-6-13-14(7-12)18-11(3)17-13/h5-7,10,15-16H,4,8-9H2,1-3H3,(H,17,18)/t10-/m0/s1. The molecule has 0 fully saturated rings. The van der Waals surface area contributed by atoms with Crippen LogP contribution in [0.5, 0.6) is 0 Å². The Hall–Kier alpha value is -1.44. The first-order valence-corrected chi connectivity index (χ1v) is 8.71. The molecule has 21 heavy (non-hydrogen) atoms. The lowest BCUT2D eigenvalue weighted by Gasteiger charge is -2.14. The number of aromatic nitrogens is 2. The van der Waals surface area contributed by atoms with Crippen LogP contribution in [0.3, 0.4) is 0 Å². The van der Waals surface area contributed by atoms with Gasteiger partial charge in [0.25, 0.3) is 0 Å². The van der Waals surface area contributed by atoms with Gasteiger partial charge in [-0.25, -0.2) is 18.1 Å². The number of benzene rings is 1. The number of sulfonamides is 1. The number of nitrogens with zero attached hydrogens (tertiary/aromatic N) is 1. The molecule has 1 atom stereocenters. The molecule has 0 aliphatic heterocycles. The molecule has 3 N–H and O–H groups in total. The zero-order valence-corrected chi connectivity index (χ0v) is 13.4. The maximum atomic E-state index is 11.4. The van der Waals surface area contributed by atoms with Crippen LogP contribution in [0.25, 0.3) is 11.0 Å². The van der Waals surface area contributed by atoms with Crippen molar-refractivity contribution in [3.8, 4) is 0 Å². The van der Waals surface area contributed by atoms with Gasteiger partial charge in [0.1, 0.15) is 5.82 Å². The van der Waals surface area contributed by atoms with E-state index in [4.69, 9.17) is 0 Å². The van der Waals surface area contributed by atoms with Crippen molar-refractivity contribution < 1.29 is 8.42 Å². The van der Waals surface area contributed by atoms with Gasteiger partial charge in [-0.1, -0.05) is 6.07 Å². The minimum Gasteiger partial charge on any atom is -0.342 e. The van der Waals surface area contributed by atoms with Crippen molar-refractivity contribution in [2.45, 2.75) is 33.4 Å². The van der Waals surface area contributed by atoms with Gasteiger partial charge in [-0.15, -0.1) is 0 Å². The van der Waals surface area contributed by atoms with Crippen molar-refractivity contribution in [2.75, 3.05) is 12.3 Å². The van der Waals surface area contributed by atoms with E-state index in [0.717, 1.165) is 22.4 Å². The summed E-state index contributed by atoms with van der Waals surface area (Å²) in [6, 6.07) is 6.13. The Morgan fingerprint density at radius 3 is 2.86 bits per heavy atom. The van der Waals surface area contributed by atoms with E-state index in [2.05, 4.69) is 26.1 Å². The molecule has 1 aromatic carbocycles. The number of hydrogen-bond donors (Lipinski definition) is 3. The summed E-state index contributed by atoms with van der Waals surface area (Å²) in [5, 5.41) is 3.31. The van der Waals surface area contributed by atoms with E-state index in [0.29, 0.717) is 13.1 Å². The first-order valence-electron chi connectivity index (χ1n) is 7.05. The molecule has 0 saturated heterocycles. The van der Waals surface area contributed by atoms with Crippen LogP contribution in [0, 0.1) is 6.92 Å². The quantitative estimate of drug-likeness (QED) is 0.719. The van der Waals surface area contributed by atoms with Crippen LogP contribution in [0.1, 0.15) is 25.2 Å². The van der Waals surface area contributed by atoms with Gasteiger partial charge < -0.3 is 10.3 Å². The van der Waals surface area contributed by atoms with Crippen molar-refractivity contribution in [2.24, 2.45) is 0 Å². The highest BCUT2D eigenvalue weighted by molar-refractivity contribution is 7.89. The van der Waals surface area contributed by atoms with Gasteiger partial charge >= 0.3 is 0 Å². The second kappa shape index (κ2) is 6.55. The minimum absolute atomic E-state index is 0.0607. The van der Waals surface area contributed by atoms with Crippen molar-refractivity contribution in [3.63, 3.8) is 0 Å². The summed E-state index contributed by atoms with van der Waals surface area (Å²) < 4.78 is 25.3. The highest BCUT2D eigenvalue weighted by Gasteiger charge is 2.09. The zero-order valence-electron chi connectivity index (χ0n) is 12.6. The predicted octanol–water partition coefficient (Wildman–Crippen LogP) is 1.29. The third-order valence-corrected chi connectivity index (χ3v) is 4.68. The van der Waals surface area contributed by atoms with Crippen LogP contribution in [0.4, 0.5) is 0 Å². The normalized spacial score (nSPS) is 13.7. The lowest BCUT2D eigenvalue weighted by atomic mass is 10.2. The molecule has 116 valence electrons. The summed E-state index contributed by atoms with van der Waals surface area (Å²) in [6.45, 7) is 6.59. The summed E-state index contributed by atoms with van der Waals surface area (Å²) in [5.74, 6) is 1.01. The molecule has 7 heteroatoms. The zero-order chi connectivity index (χ0) is 15.5. The molecule has 0 bridgehead atoms. The number of imidazole rings is 1. The van der Waals surface area contributed by atoms with Crippen LogP contribution in [0.2, 0.25) is 0 Å². The maximum absolute atomic E-state index is 11.4. The van der Waals surface area contributed by atoms with Crippen molar-refractivity contribution in [1.82, 2.24) is 20.0 Å². The van der Waals surface area contributed by atoms with Gasteiger partial charge in [0.15, 0.2) is 0 Å². The molecular formula is C14H22N4O2S. The molecule has 0 amide bonds. The molecule has 0 aliphatic rings. The summed E-state index contributed by atoms with van der Waals surface area (Å²) >= 11 is 0. The highest BCUT2D eigenvalue weighted by Crippen LogP contribution is 2.13. The SMILES string of the molecule is CCS(=O)(=O)NC[C@H](C)NCc1ccc2nc(C)[nH]c2c1. The third-order valence-electron chi connectivity index (χ3n) is 3.31. The minimum atomic E-state index is -3.13. The molecule has 0 spiro atoms. The Morgan fingerprint density at radius 2 is 2.14 bits per heavy atom. The Balaban J connectivity index is 1.89. The van der Waals surface area contributed by atoms with Crippen molar-refractivity contribution >= 4 is 21.1 Å². The Kier molecular flexibility index (Phi) is 4.97. The van der Waals surface area contributed by atoms with Crippen LogP contribution in [-0.2, 0) is 16.6 Å². The fourth-order valence-electron chi connectivity index (χ4n) is 2.01. The fraction of sp³-hybridized carbons (Fsp3) is 0.500. The Labute approximate surface area is 125 Å². The number of fused-ring (bicyclic) bond motifs is 1. The number of H-pyrrole nitrogens is 1. The smallest absolute Gasteiger partial charge is 0.211 e. The van der Waals surface area contributed by atoms with Crippen molar-refractivity contribution in [1.29, 1.82) is 0 Å². The average Bonchev–Trinajstić information content (AvgIpc) is 2.82. The van der Waals surface area contributed by atoms with E-state index < -0.39 is 10.0 Å². The van der Waals surface area contributed by atoms with Gasteiger partial charge in [0.2, 0.25) is 10.0 Å². The van der Waals surface area contributed by atoms with Gasteiger partial charge in [-0.05, 0) is 38.5 Å². The maximum Gasteiger partial charge on any atom is 0.211 e. The summed E-state index contributed by atoms with van der Waals surface area (Å²) in [5.41, 5.74) is 3.11. The first kappa shape index (κ1) is 15.9. The second-order valence-corrected chi connectivity index (χ2v) is 7.30. The number of aryl methyl sites for hydroxylation is 1. The lowest BCUT2D eigenvalue weighted by molar-refractivity contribution is 0.525. The van der Waals surface area contributed by atoms with Crippen LogP contribution in [-0.4, -0.2) is 36.7 Å². The molecule has 0 aliphatic carbocycles. The molecule has 0 unspecified atom stereocenters. The molecule has 6 nitrogen and oxygen atoms in total. The van der Waals surface area contributed by atoms with E-state index in [9.17, 15) is 8.42 Å². The van der Waals surface area contributed by atoms with Gasteiger partial charge in [-0.2, -0.15) is 0 Å². The second-order valence-electron chi connectivity index (χ2n) is 5.21. The van der Waals surface area contributed by atoms with E-state index in [1.807, 2.05) is 26.0 Å². The van der Waals surface area contributed by atoms with E-state index in [1.165, 1.54) is 0 Å². The molecular weight excluding hydrogens is 288 g/mol. The molecule has 2 rings (SSSR count). The average molecular weight is 310 g/mol. The van der Waals surface area contributed by atoms with Gasteiger partial charge in [0.05, 0.1) is 16.8 Å². The summed E-state index contributed by atoms with van der Waals surface area (Å²) in [6.07, 6.45) is 0. The topological polar surface area (TPSA) is 86.9 Å². The van der Waals surface area contributed by atoms with Gasteiger partial charge in [-0.3, -0.25) is 0 Å². The Bertz CT molecular complexity index is 709. The molecule has 0 radical (unpaired) electrons. The third kappa shape index (κ3) is 4.52. The largest absolute Gasteiger partial charge is 0.342 e.